The van der Waals surface area contributed by atoms with Gasteiger partial charge in [0.2, 0.25) is 0 Å². The number of halogens is 3. The molecule has 0 aliphatic carbocycles. The van der Waals surface area contributed by atoms with Gasteiger partial charge in [0.25, 0.3) is 0 Å². The monoisotopic (exact) mass is 289 g/mol. The topological polar surface area (TPSA) is 89.2 Å². The van der Waals surface area contributed by atoms with Gasteiger partial charge in [0.05, 0.1) is 11.7 Å². The van der Waals surface area contributed by atoms with E-state index in [9.17, 15) is 23.4 Å². The molecular weight excluding hydrogens is 275 g/mol. The van der Waals surface area contributed by atoms with Gasteiger partial charge in [0.1, 0.15) is 6.10 Å². The van der Waals surface area contributed by atoms with E-state index in [1.165, 1.54) is 13.0 Å². The van der Waals surface area contributed by atoms with Gasteiger partial charge in [-0.3, -0.25) is 0 Å². The molecule has 8 heteroatoms. The van der Waals surface area contributed by atoms with E-state index in [1.807, 2.05) is 0 Å². The van der Waals surface area contributed by atoms with Crippen LogP contribution in [0.1, 0.15) is 29.2 Å². The summed E-state index contributed by atoms with van der Waals surface area (Å²) in [6, 6.07) is 3.18. The Balaban J connectivity index is 2.87. The fraction of sp³-hybridized carbons (Fsp3) is 0.500. The first-order chi connectivity index (χ1) is 9.27. The summed E-state index contributed by atoms with van der Waals surface area (Å²) < 4.78 is 37.8. The van der Waals surface area contributed by atoms with Gasteiger partial charge in [-0.1, -0.05) is 17.2 Å². The lowest BCUT2D eigenvalue weighted by atomic mass is 9.97. The van der Waals surface area contributed by atoms with E-state index in [-0.39, 0.29) is 24.1 Å². The first kappa shape index (κ1) is 16.3. The number of nitrogens with zero attached hydrogens (tertiary/aromatic N) is 3. The summed E-state index contributed by atoms with van der Waals surface area (Å²) in [5.74, 6) is 0. The zero-order chi connectivity index (χ0) is 15.3. The molecule has 1 aromatic carbocycles. The first-order valence-electron chi connectivity index (χ1n) is 5.82. The maximum absolute atomic E-state index is 12.6. The fourth-order valence-corrected chi connectivity index (χ4v) is 1.80. The second kappa shape index (κ2) is 6.60. The van der Waals surface area contributed by atoms with Crippen LogP contribution in [0.2, 0.25) is 0 Å². The molecule has 110 valence electrons. The van der Waals surface area contributed by atoms with Crippen LogP contribution in [0.5, 0.6) is 0 Å². The van der Waals surface area contributed by atoms with Crippen molar-refractivity contribution in [2.45, 2.75) is 31.7 Å². The second-order valence-electron chi connectivity index (χ2n) is 4.33. The average molecular weight is 289 g/mol. The maximum atomic E-state index is 12.6. The van der Waals surface area contributed by atoms with Crippen LogP contribution in [-0.4, -0.2) is 22.9 Å². The summed E-state index contributed by atoms with van der Waals surface area (Å²) in [4.78, 5) is 2.50. The van der Waals surface area contributed by atoms with Crippen molar-refractivity contribution in [3.8, 4) is 0 Å². The van der Waals surface area contributed by atoms with Crippen molar-refractivity contribution in [3.63, 3.8) is 0 Å². The van der Waals surface area contributed by atoms with Gasteiger partial charge >= 0.3 is 6.18 Å². The summed E-state index contributed by atoms with van der Waals surface area (Å²) in [7, 11) is 0. The molecule has 0 aliphatic heterocycles. The lowest BCUT2D eigenvalue weighted by Gasteiger charge is -2.19. The summed E-state index contributed by atoms with van der Waals surface area (Å²) >= 11 is 0. The molecule has 0 aromatic heterocycles. The highest BCUT2D eigenvalue weighted by atomic mass is 19.4. The summed E-state index contributed by atoms with van der Waals surface area (Å²) in [5.41, 5.74) is 7.46. The number of aliphatic hydroxyl groups is 2. The van der Waals surface area contributed by atoms with Gasteiger partial charge in [-0.15, -0.1) is 0 Å². The molecule has 1 rings (SSSR count). The van der Waals surface area contributed by atoms with E-state index in [0.29, 0.717) is 0 Å². The lowest BCUT2D eigenvalue weighted by molar-refractivity contribution is -0.138. The van der Waals surface area contributed by atoms with Crippen molar-refractivity contribution < 1.29 is 23.4 Å². The Hall–Kier alpha value is -1.76. The van der Waals surface area contributed by atoms with Crippen molar-refractivity contribution in [3.05, 3.63) is 45.3 Å². The minimum atomic E-state index is -4.45. The van der Waals surface area contributed by atoms with Gasteiger partial charge in [-0.05, 0) is 36.1 Å². The van der Waals surface area contributed by atoms with Crippen LogP contribution in [0, 0.1) is 6.92 Å². The van der Waals surface area contributed by atoms with Crippen molar-refractivity contribution in [1.82, 2.24) is 0 Å². The third-order valence-corrected chi connectivity index (χ3v) is 2.85. The molecular formula is C12H14F3N3O2. The van der Waals surface area contributed by atoms with Crippen LogP contribution in [0.3, 0.4) is 0 Å². The molecule has 2 N–H and O–H groups in total. The highest BCUT2D eigenvalue weighted by Gasteiger charge is 2.32. The van der Waals surface area contributed by atoms with Crippen LogP contribution < -0.4 is 0 Å². The zero-order valence-electron chi connectivity index (χ0n) is 10.7. The smallest absolute Gasteiger partial charge is 0.390 e. The SMILES string of the molecule is Cc1cc(C(O)C(O)CCN=[N+]=[N-])ccc1C(F)(F)F. The molecule has 0 saturated heterocycles. The number of azide groups is 1. The van der Waals surface area contributed by atoms with E-state index >= 15 is 0 Å². The van der Waals surface area contributed by atoms with Crippen LogP contribution >= 0.6 is 0 Å². The third-order valence-electron chi connectivity index (χ3n) is 2.85. The fourth-order valence-electron chi connectivity index (χ4n) is 1.80. The van der Waals surface area contributed by atoms with Crippen LogP contribution in [0.4, 0.5) is 13.2 Å². The number of aryl methyl sites for hydroxylation is 1. The van der Waals surface area contributed by atoms with Gasteiger partial charge < -0.3 is 10.2 Å². The summed E-state index contributed by atoms with van der Waals surface area (Å²) in [6.07, 6.45) is -6.97. The Morgan fingerprint density at radius 3 is 2.50 bits per heavy atom. The van der Waals surface area contributed by atoms with E-state index in [4.69, 9.17) is 5.53 Å². The van der Waals surface area contributed by atoms with Crippen molar-refractivity contribution in [1.29, 1.82) is 0 Å². The number of alkyl halides is 3. The molecule has 0 bridgehead atoms. The minimum Gasteiger partial charge on any atom is -0.390 e. The average Bonchev–Trinajstić information content (AvgIpc) is 2.36. The predicted molar refractivity (Wildman–Crippen MR) is 65.8 cm³/mol. The summed E-state index contributed by atoms with van der Waals surface area (Å²) in [5, 5.41) is 22.7. The highest BCUT2D eigenvalue weighted by Crippen LogP contribution is 2.33. The quantitative estimate of drug-likeness (QED) is 0.495. The van der Waals surface area contributed by atoms with Crippen LogP contribution in [0.25, 0.3) is 10.4 Å². The third kappa shape index (κ3) is 4.12. The molecule has 0 radical (unpaired) electrons. The molecule has 0 fully saturated rings. The molecule has 0 aliphatic rings. The Morgan fingerprint density at radius 2 is 2.00 bits per heavy atom. The lowest BCUT2D eigenvalue weighted by Crippen LogP contribution is -2.19. The Labute approximate surface area is 113 Å². The molecule has 0 heterocycles. The second-order valence-corrected chi connectivity index (χ2v) is 4.33. The highest BCUT2D eigenvalue weighted by molar-refractivity contribution is 5.34. The molecule has 1 aromatic rings. The number of hydrogen-bond acceptors (Lipinski definition) is 3. The normalized spacial score (nSPS) is 14.5. The number of aliphatic hydroxyl groups excluding tert-OH is 2. The Morgan fingerprint density at radius 1 is 1.35 bits per heavy atom. The standard InChI is InChI=1S/C12H14F3N3O2/c1-7-6-8(2-3-9(7)12(13,14)15)11(20)10(19)4-5-17-18-16/h2-3,6,10-11,19-20H,4-5H2,1H3. The molecule has 5 nitrogen and oxygen atoms in total. The molecule has 2 unspecified atom stereocenters. The Kier molecular flexibility index (Phi) is 5.38. The van der Waals surface area contributed by atoms with Crippen molar-refractivity contribution in [2.24, 2.45) is 5.11 Å². The van der Waals surface area contributed by atoms with Gasteiger partial charge in [-0.25, -0.2) is 0 Å². The van der Waals surface area contributed by atoms with E-state index in [1.54, 1.807) is 0 Å². The van der Waals surface area contributed by atoms with Crippen LogP contribution in [-0.2, 0) is 6.18 Å². The molecule has 0 saturated carbocycles. The number of rotatable bonds is 5. The van der Waals surface area contributed by atoms with Crippen molar-refractivity contribution in [2.75, 3.05) is 6.54 Å². The van der Waals surface area contributed by atoms with Gasteiger partial charge in [0, 0.05) is 11.5 Å². The number of benzene rings is 1. The minimum absolute atomic E-state index is 0.00561. The van der Waals surface area contributed by atoms with Crippen LogP contribution in [0.15, 0.2) is 23.3 Å². The molecule has 0 spiro atoms. The molecule has 0 amide bonds. The number of hydrogen-bond donors (Lipinski definition) is 2. The van der Waals surface area contributed by atoms with Crippen molar-refractivity contribution >= 4 is 0 Å². The maximum Gasteiger partial charge on any atom is 0.416 e. The molecule has 2 atom stereocenters. The van der Waals surface area contributed by atoms with Gasteiger partial charge in [0.15, 0.2) is 0 Å². The van der Waals surface area contributed by atoms with E-state index in [2.05, 4.69) is 10.0 Å². The summed E-state index contributed by atoms with van der Waals surface area (Å²) in [6.45, 7) is 1.28. The Bertz CT molecular complexity index is 513. The molecule has 20 heavy (non-hydrogen) atoms. The van der Waals surface area contributed by atoms with E-state index in [0.717, 1.165) is 12.1 Å². The van der Waals surface area contributed by atoms with Gasteiger partial charge in [-0.2, -0.15) is 13.2 Å². The first-order valence-corrected chi connectivity index (χ1v) is 5.82. The largest absolute Gasteiger partial charge is 0.416 e. The van der Waals surface area contributed by atoms with E-state index < -0.39 is 23.9 Å². The predicted octanol–water partition coefficient (Wildman–Crippen LogP) is 3.11. The zero-order valence-corrected chi connectivity index (χ0v) is 10.7.